The molecule has 2 rings (SSSR count). The minimum Gasteiger partial charge on any atom is -0.206 e. The van der Waals surface area contributed by atoms with E-state index in [1.54, 1.807) is 6.07 Å². The van der Waals surface area contributed by atoms with Crippen molar-refractivity contribution in [1.29, 1.82) is 5.26 Å². The lowest BCUT2D eigenvalue weighted by molar-refractivity contribution is 0.139. The van der Waals surface area contributed by atoms with Crippen molar-refractivity contribution in [3.63, 3.8) is 0 Å². The minimum absolute atomic E-state index is 0.299. The molecule has 1 atom stereocenters. The molecule has 0 radical (unpaired) electrons. The van der Waals surface area contributed by atoms with Gasteiger partial charge in [-0.05, 0) is 42.2 Å². The summed E-state index contributed by atoms with van der Waals surface area (Å²) in [5.74, 6) is 0. The summed E-state index contributed by atoms with van der Waals surface area (Å²) >= 11 is 1.22. The van der Waals surface area contributed by atoms with Crippen LogP contribution in [0.25, 0.3) is 0 Å². The van der Waals surface area contributed by atoms with Gasteiger partial charge in [-0.25, -0.2) is 8.42 Å². The number of nitrogens with zero attached hydrogens (tertiary/aromatic N) is 2. The molecule has 0 spiro atoms. The molecule has 1 aliphatic rings. The molecule has 4 nitrogen and oxygen atoms in total. The van der Waals surface area contributed by atoms with Gasteiger partial charge in [0.05, 0.1) is 6.07 Å². The molecule has 0 aliphatic carbocycles. The van der Waals surface area contributed by atoms with Crippen LogP contribution in [0.3, 0.4) is 0 Å². The second-order valence-corrected chi connectivity index (χ2v) is 8.71. The highest BCUT2D eigenvalue weighted by Gasteiger charge is 2.44. The first-order valence-corrected chi connectivity index (χ1v) is 8.57. The highest BCUT2D eigenvalue weighted by atomic mass is 32.2. The summed E-state index contributed by atoms with van der Waals surface area (Å²) in [5, 5.41) is 11.2. The zero-order valence-electron chi connectivity index (χ0n) is 11.4. The maximum absolute atomic E-state index is 12.6. The maximum atomic E-state index is 12.6. The van der Waals surface area contributed by atoms with Crippen molar-refractivity contribution in [2.45, 2.75) is 43.9 Å². The monoisotopic (exact) mass is 298 g/mol. The average molecular weight is 298 g/mol. The number of rotatable bonds is 2. The van der Waals surface area contributed by atoms with Crippen molar-refractivity contribution in [2.24, 2.45) is 5.41 Å². The topological polar surface area (TPSA) is 61.2 Å². The summed E-state index contributed by atoms with van der Waals surface area (Å²) in [6, 6.07) is 3.27. The van der Waals surface area contributed by atoms with E-state index < -0.39 is 16.1 Å². The Morgan fingerprint density at radius 3 is 2.74 bits per heavy atom. The molecule has 104 valence electrons. The molecule has 6 heteroatoms. The van der Waals surface area contributed by atoms with Crippen LogP contribution in [0.1, 0.15) is 32.3 Å². The number of nitriles is 1. The molecule has 1 fully saturated rings. The molecule has 2 heterocycles. The highest BCUT2D eigenvalue weighted by Crippen LogP contribution is 2.38. The Bertz CT molecular complexity index is 611. The third-order valence-electron chi connectivity index (χ3n) is 3.62. The number of thiophene rings is 1. The van der Waals surface area contributed by atoms with E-state index in [2.05, 4.69) is 6.07 Å². The van der Waals surface area contributed by atoms with E-state index in [-0.39, 0.29) is 5.41 Å². The van der Waals surface area contributed by atoms with Crippen LogP contribution in [0.15, 0.2) is 15.7 Å². The smallest absolute Gasteiger partial charge is 0.206 e. The molecule has 1 aromatic rings. The molecule has 1 unspecified atom stereocenters. The average Bonchev–Trinajstić information content (AvgIpc) is 2.75. The third kappa shape index (κ3) is 2.55. The van der Waals surface area contributed by atoms with Gasteiger partial charge in [-0.2, -0.15) is 9.57 Å². The van der Waals surface area contributed by atoms with Crippen molar-refractivity contribution in [1.82, 2.24) is 4.31 Å². The van der Waals surface area contributed by atoms with Gasteiger partial charge in [-0.1, -0.05) is 13.8 Å². The molecular formula is C13H18N2O2S2. The highest BCUT2D eigenvalue weighted by molar-refractivity contribution is 7.91. The number of sulfonamides is 1. The van der Waals surface area contributed by atoms with Gasteiger partial charge in [0.25, 0.3) is 10.0 Å². The minimum atomic E-state index is -3.54. The summed E-state index contributed by atoms with van der Waals surface area (Å²) in [5.41, 5.74) is 0.639. The molecule has 0 bridgehead atoms. The second-order valence-electron chi connectivity index (χ2n) is 5.68. The normalized spacial score (nSPS) is 24.0. The summed E-state index contributed by atoms with van der Waals surface area (Å²) in [4.78, 5) is 0. The number of hydrogen-bond donors (Lipinski definition) is 0. The van der Waals surface area contributed by atoms with Crippen LogP contribution >= 0.6 is 11.3 Å². The fourth-order valence-electron chi connectivity index (χ4n) is 2.50. The summed E-state index contributed by atoms with van der Waals surface area (Å²) in [6.07, 6.45) is 1.68. The molecule has 1 aliphatic heterocycles. The fourth-order valence-corrected chi connectivity index (χ4v) is 5.59. The van der Waals surface area contributed by atoms with E-state index in [1.165, 1.54) is 15.6 Å². The van der Waals surface area contributed by atoms with E-state index in [9.17, 15) is 13.7 Å². The van der Waals surface area contributed by atoms with E-state index >= 15 is 0 Å². The number of piperidine rings is 1. The van der Waals surface area contributed by atoms with Gasteiger partial charge < -0.3 is 0 Å². The van der Waals surface area contributed by atoms with Gasteiger partial charge in [0.2, 0.25) is 0 Å². The van der Waals surface area contributed by atoms with Crippen molar-refractivity contribution < 1.29 is 8.42 Å². The first kappa shape index (κ1) is 14.5. The first-order chi connectivity index (χ1) is 8.79. The molecule has 0 aromatic carbocycles. The van der Waals surface area contributed by atoms with E-state index in [0.717, 1.165) is 18.4 Å². The van der Waals surface area contributed by atoms with Gasteiger partial charge in [-0.15, -0.1) is 11.3 Å². The SMILES string of the molecule is Cc1csc(S(=O)(=O)N2CCCC(C)(C)C2C#N)c1. The Hall–Kier alpha value is -0.900. The zero-order chi connectivity index (χ0) is 14.3. The largest absolute Gasteiger partial charge is 0.253 e. The van der Waals surface area contributed by atoms with Gasteiger partial charge in [0, 0.05) is 6.54 Å². The Balaban J connectivity index is 2.42. The number of aryl methyl sites for hydroxylation is 1. The summed E-state index contributed by atoms with van der Waals surface area (Å²) < 4.78 is 27.0. The predicted molar refractivity (Wildman–Crippen MR) is 75.4 cm³/mol. The van der Waals surface area contributed by atoms with Gasteiger partial charge in [0.1, 0.15) is 10.3 Å². The van der Waals surface area contributed by atoms with Crippen molar-refractivity contribution in [2.75, 3.05) is 6.54 Å². The van der Waals surface area contributed by atoms with Crippen LogP contribution in [0.4, 0.5) is 0 Å². The lowest BCUT2D eigenvalue weighted by Crippen LogP contribution is -2.51. The van der Waals surface area contributed by atoms with E-state index in [1.807, 2.05) is 26.2 Å². The van der Waals surface area contributed by atoms with Crippen molar-refractivity contribution in [3.8, 4) is 6.07 Å². The standard InChI is InChI=1S/C13H18N2O2S2/c1-10-7-12(18-9-10)19(16,17)15-6-4-5-13(2,3)11(15)8-14/h7,9,11H,4-6H2,1-3H3. The predicted octanol–water partition coefficient (Wildman–Crippen LogP) is 2.76. The number of hydrogen-bond acceptors (Lipinski definition) is 4. The molecule has 0 saturated carbocycles. The van der Waals surface area contributed by atoms with Crippen LogP contribution in [0, 0.1) is 23.7 Å². The van der Waals surface area contributed by atoms with Crippen LogP contribution in [-0.2, 0) is 10.0 Å². The van der Waals surface area contributed by atoms with Gasteiger partial charge in [-0.3, -0.25) is 0 Å². The van der Waals surface area contributed by atoms with E-state index in [4.69, 9.17) is 0 Å². The molecule has 19 heavy (non-hydrogen) atoms. The van der Waals surface area contributed by atoms with E-state index in [0.29, 0.717) is 10.8 Å². The zero-order valence-corrected chi connectivity index (χ0v) is 13.0. The quantitative estimate of drug-likeness (QED) is 0.843. The Labute approximate surface area is 118 Å². The molecule has 0 amide bonds. The molecule has 1 saturated heterocycles. The van der Waals surface area contributed by atoms with Crippen LogP contribution in [0.5, 0.6) is 0 Å². The van der Waals surface area contributed by atoms with Crippen molar-refractivity contribution >= 4 is 21.4 Å². The lowest BCUT2D eigenvalue weighted by atomic mass is 9.78. The Morgan fingerprint density at radius 2 is 2.21 bits per heavy atom. The molecular weight excluding hydrogens is 280 g/mol. The molecule has 1 aromatic heterocycles. The maximum Gasteiger partial charge on any atom is 0.253 e. The summed E-state index contributed by atoms with van der Waals surface area (Å²) in [7, 11) is -3.54. The van der Waals surface area contributed by atoms with Crippen molar-refractivity contribution in [3.05, 3.63) is 17.0 Å². The second kappa shape index (κ2) is 4.89. The third-order valence-corrected chi connectivity index (χ3v) is 7.02. The van der Waals surface area contributed by atoms with Gasteiger partial charge in [0.15, 0.2) is 0 Å². The Kier molecular flexibility index (Phi) is 3.74. The van der Waals surface area contributed by atoms with Crippen LogP contribution in [0.2, 0.25) is 0 Å². The Morgan fingerprint density at radius 1 is 1.53 bits per heavy atom. The fraction of sp³-hybridized carbons (Fsp3) is 0.615. The van der Waals surface area contributed by atoms with Crippen LogP contribution < -0.4 is 0 Å². The van der Waals surface area contributed by atoms with Crippen LogP contribution in [-0.4, -0.2) is 25.3 Å². The van der Waals surface area contributed by atoms with Gasteiger partial charge >= 0.3 is 0 Å². The molecule has 0 N–H and O–H groups in total. The first-order valence-electron chi connectivity index (χ1n) is 6.25. The lowest BCUT2D eigenvalue weighted by Gasteiger charge is -2.41. The summed E-state index contributed by atoms with van der Waals surface area (Å²) in [6.45, 7) is 6.23.